The molecule has 1 N–H and O–H groups in total. The molecule has 15 heavy (non-hydrogen) atoms. The maximum atomic E-state index is 12.0. The molecule has 1 saturated carbocycles. The molecule has 0 bridgehead atoms. The van der Waals surface area contributed by atoms with Crippen molar-refractivity contribution in [2.75, 3.05) is 19.6 Å². The summed E-state index contributed by atoms with van der Waals surface area (Å²) < 4.78 is 0. The van der Waals surface area contributed by atoms with Gasteiger partial charge in [-0.2, -0.15) is 0 Å². The van der Waals surface area contributed by atoms with Gasteiger partial charge in [-0.15, -0.1) is 0 Å². The van der Waals surface area contributed by atoms with Crippen LogP contribution in [-0.4, -0.2) is 36.3 Å². The van der Waals surface area contributed by atoms with E-state index in [9.17, 15) is 9.59 Å². The van der Waals surface area contributed by atoms with Crippen molar-refractivity contribution < 1.29 is 9.59 Å². The Morgan fingerprint density at radius 2 is 1.87 bits per heavy atom. The van der Waals surface area contributed by atoms with Crippen LogP contribution in [0.3, 0.4) is 0 Å². The number of carbonyl (C=O) groups excluding carboxylic acids is 2. The Kier molecular flexibility index (Phi) is 2.06. The summed E-state index contributed by atoms with van der Waals surface area (Å²) in [4.78, 5) is 25.5. The number of nitrogens with one attached hydrogen (secondary N) is 1. The second kappa shape index (κ2) is 3.30. The molecule has 0 spiro atoms. The summed E-state index contributed by atoms with van der Waals surface area (Å²) in [5, 5.41) is 3.20. The number of hydrogen-bond donors (Lipinski definition) is 1. The first-order valence-corrected chi connectivity index (χ1v) is 5.83. The van der Waals surface area contributed by atoms with Crippen LogP contribution < -0.4 is 5.32 Å². The van der Waals surface area contributed by atoms with E-state index in [1.54, 1.807) is 0 Å². The SMILES string of the molecule is O=C1[C@@H]2CCNC[C@H]2C(=O)N1CC1CC1. The van der Waals surface area contributed by atoms with Crippen LogP contribution in [0.1, 0.15) is 19.3 Å². The van der Waals surface area contributed by atoms with Crippen molar-refractivity contribution in [3.63, 3.8) is 0 Å². The van der Waals surface area contributed by atoms with E-state index >= 15 is 0 Å². The summed E-state index contributed by atoms with van der Waals surface area (Å²) in [6.07, 6.45) is 3.20. The molecule has 4 heteroatoms. The van der Waals surface area contributed by atoms with Crippen LogP contribution >= 0.6 is 0 Å². The maximum Gasteiger partial charge on any atom is 0.234 e. The van der Waals surface area contributed by atoms with Gasteiger partial charge in [0, 0.05) is 13.1 Å². The molecule has 2 atom stereocenters. The molecular formula is C11H16N2O2. The Morgan fingerprint density at radius 1 is 1.13 bits per heavy atom. The molecule has 0 aromatic rings. The molecular weight excluding hydrogens is 192 g/mol. The van der Waals surface area contributed by atoms with E-state index in [0.717, 1.165) is 13.0 Å². The second-order valence-corrected chi connectivity index (χ2v) is 4.94. The quantitative estimate of drug-likeness (QED) is 0.649. The Labute approximate surface area is 89.0 Å². The molecule has 0 unspecified atom stereocenters. The highest BCUT2D eigenvalue weighted by Gasteiger charge is 2.49. The van der Waals surface area contributed by atoms with Gasteiger partial charge in [0.05, 0.1) is 11.8 Å². The molecule has 2 heterocycles. The Hall–Kier alpha value is -0.900. The maximum absolute atomic E-state index is 12.0. The molecule has 2 amide bonds. The number of nitrogens with zero attached hydrogens (tertiary/aromatic N) is 1. The number of fused-ring (bicyclic) bond motifs is 1. The molecule has 0 radical (unpaired) electrons. The van der Waals surface area contributed by atoms with Gasteiger partial charge >= 0.3 is 0 Å². The van der Waals surface area contributed by atoms with Crippen LogP contribution in [0.15, 0.2) is 0 Å². The number of imide groups is 1. The van der Waals surface area contributed by atoms with Gasteiger partial charge in [0.25, 0.3) is 0 Å². The molecule has 3 rings (SSSR count). The highest BCUT2D eigenvalue weighted by atomic mass is 16.2. The van der Waals surface area contributed by atoms with Gasteiger partial charge in [0.15, 0.2) is 0 Å². The summed E-state index contributed by atoms with van der Waals surface area (Å²) in [6, 6.07) is 0. The van der Waals surface area contributed by atoms with E-state index in [1.165, 1.54) is 17.7 Å². The minimum absolute atomic E-state index is 0.0162. The average Bonchev–Trinajstić information content (AvgIpc) is 3.04. The number of likely N-dealkylation sites (tertiary alicyclic amines) is 1. The number of carbonyl (C=O) groups is 2. The first kappa shape index (κ1) is 9.33. The average molecular weight is 208 g/mol. The largest absolute Gasteiger partial charge is 0.316 e. The van der Waals surface area contributed by atoms with Crippen molar-refractivity contribution in [3.05, 3.63) is 0 Å². The first-order valence-electron chi connectivity index (χ1n) is 5.83. The number of hydrogen-bond acceptors (Lipinski definition) is 3. The van der Waals surface area contributed by atoms with Gasteiger partial charge < -0.3 is 5.32 Å². The van der Waals surface area contributed by atoms with Crippen LogP contribution in [0.25, 0.3) is 0 Å². The van der Waals surface area contributed by atoms with Crippen LogP contribution in [0.2, 0.25) is 0 Å². The van der Waals surface area contributed by atoms with Crippen LogP contribution in [0.5, 0.6) is 0 Å². The predicted octanol–water partition coefficient (Wildman–Crippen LogP) is -0.00910. The Morgan fingerprint density at radius 3 is 2.53 bits per heavy atom. The van der Waals surface area contributed by atoms with E-state index in [1.807, 2.05) is 0 Å². The zero-order chi connectivity index (χ0) is 10.4. The summed E-state index contributed by atoms with van der Waals surface area (Å²) in [6.45, 7) is 2.25. The molecule has 0 aromatic heterocycles. The lowest BCUT2D eigenvalue weighted by Crippen LogP contribution is -2.38. The summed E-state index contributed by atoms with van der Waals surface area (Å²) >= 11 is 0. The number of rotatable bonds is 2. The van der Waals surface area contributed by atoms with Crippen molar-refractivity contribution in [2.24, 2.45) is 17.8 Å². The number of piperidine rings is 1. The van der Waals surface area contributed by atoms with Crippen LogP contribution in [0, 0.1) is 17.8 Å². The third-order valence-corrected chi connectivity index (χ3v) is 3.79. The summed E-state index contributed by atoms with van der Waals surface area (Å²) in [5.41, 5.74) is 0. The van der Waals surface area contributed by atoms with Gasteiger partial charge in [-0.25, -0.2) is 0 Å². The monoisotopic (exact) mass is 208 g/mol. The van der Waals surface area contributed by atoms with E-state index in [4.69, 9.17) is 0 Å². The van der Waals surface area contributed by atoms with Crippen molar-refractivity contribution in [3.8, 4) is 0 Å². The van der Waals surface area contributed by atoms with Crippen LogP contribution in [0.4, 0.5) is 0 Å². The van der Waals surface area contributed by atoms with Crippen molar-refractivity contribution in [1.82, 2.24) is 10.2 Å². The smallest absolute Gasteiger partial charge is 0.234 e. The zero-order valence-corrected chi connectivity index (χ0v) is 8.74. The van der Waals surface area contributed by atoms with E-state index in [0.29, 0.717) is 19.0 Å². The zero-order valence-electron chi connectivity index (χ0n) is 8.74. The van der Waals surface area contributed by atoms with Gasteiger partial charge in [-0.3, -0.25) is 14.5 Å². The summed E-state index contributed by atoms with van der Waals surface area (Å²) in [7, 11) is 0. The van der Waals surface area contributed by atoms with E-state index < -0.39 is 0 Å². The van der Waals surface area contributed by atoms with Gasteiger partial charge in [-0.1, -0.05) is 0 Å². The van der Waals surface area contributed by atoms with Gasteiger partial charge in [0.1, 0.15) is 0 Å². The fraction of sp³-hybridized carbons (Fsp3) is 0.818. The molecule has 3 fully saturated rings. The Bertz CT molecular complexity index is 288. The number of amides is 2. The van der Waals surface area contributed by atoms with Gasteiger partial charge in [-0.05, 0) is 31.7 Å². The standard InChI is InChI=1S/C11H16N2O2/c14-10-8-3-4-12-5-9(8)11(15)13(10)6-7-1-2-7/h7-9,12H,1-6H2/t8-,9-/m1/s1. The molecule has 4 nitrogen and oxygen atoms in total. The van der Waals surface area contributed by atoms with Crippen molar-refractivity contribution in [1.29, 1.82) is 0 Å². The molecule has 0 aromatic carbocycles. The minimum atomic E-state index is -0.0648. The minimum Gasteiger partial charge on any atom is -0.316 e. The molecule has 3 aliphatic rings. The predicted molar refractivity (Wildman–Crippen MR) is 53.9 cm³/mol. The van der Waals surface area contributed by atoms with E-state index in [-0.39, 0.29) is 23.7 Å². The third kappa shape index (κ3) is 1.47. The highest BCUT2D eigenvalue weighted by Crippen LogP contribution is 2.35. The Balaban J connectivity index is 1.78. The molecule has 2 saturated heterocycles. The first-order chi connectivity index (χ1) is 7.27. The summed E-state index contributed by atoms with van der Waals surface area (Å²) in [5.74, 6) is 0.691. The highest BCUT2D eigenvalue weighted by molar-refractivity contribution is 6.05. The lowest BCUT2D eigenvalue weighted by atomic mass is 9.89. The van der Waals surface area contributed by atoms with Crippen LogP contribution in [-0.2, 0) is 9.59 Å². The molecule has 2 aliphatic heterocycles. The fourth-order valence-electron chi connectivity index (χ4n) is 2.66. The van der Waals surface area contributed by atoms with Gasteiger partial charge in [0.2, 0.25) is 11.8 Å². The van der Waals surface area contributed by atoms with E-state index in [2.05, 4.69) is 5.32 Å². The van der Waals surface area contributed by atoms with Crippen molar-refractivity contribution in [2.45, 2.75) is 19.3 Å². The molecule has 82 valence electrons. The third-order valence-electron chi connectivity index (χ3n) is 3.79. The topological polar surface area (TPSA) is 49.4 Å². The second-order valence-electron chi connectivity index (χ2n) is 4.94. The van der Waals surface area contributed by atoms with Crippen molar-refractivity contribution >= 4 is 11.8 Å². The molecule has 1 aliphatic carbocycles. The normalized spacial score (nSPS) is 35.9. The lowest BCUT2D eigenvalue weighted by Gasteiger charge is -2.21. The lowest BCUT2D eigenvalue weighted by molar-refractivity contribution is -0.140. The fourth-order valence-corrected chi connectivity index (χ4v) is 2.66.